The highest BCUT2D eigenvalue weighted by atomic mass is 14.9. The van der Waals surface area contributed by atoms with Gasteiger partial charge in [0.15, 0.2) is 0 Å². The Labute approximate surface area is 129 Å². The summed E-state index contributed by atoms with van der Waals surface area (Å²) in [5.74, 6) is 0.530. The van der Waals surface area contributed by atoms with Gasteiger partial charge in [0.2, 0.25) is 0 Å². The minimum Gasteiger partial charge on any atom is -0.324 e. The van der Waals surface area contributed by atoms with Crippen molar-refractivity contribution in [3.05, 3.63) is 60.5 Å². The second-order valence-corrected chi connectivity index (χ2v) is 5.98. The molecule has 112 valence electrons. The van der Waals surface area contributed by atoms with Gasteiger partial charge in [0.05, 0.1) is 0 Å². The van der Waals surface area contributed by atoms with E-state index in [1.807, 2.05) is 0 Å². The van der Waals surface area contributed by atoms with E-state index < -0.39 is 0 Å². The zero-order valence-corrected chi connectivity index (χ0v) is 13.7. The summed E-state index contributed by atoms with van der Waals surface area (Å²) >= 11 is 0. The molecule has 0 N–H and O–H groups in total. The lowest BCUT2D eigenvalue weighted by atomic mass is 9.67. The molecule has 0 spiro atoms. The molecule has 0 saturated carbocycles. The predicted octanol–water partition coefficient (Wildman–Crippen LogP) is 5.93. The van der Waals surface area contributed by atoms with Crippen molar-refractivity contribution in [2.75, 3.05) is 0 Å². The van der Waals surface area contributed by atoms with Crippen molar-refractivity contribution in [1.82, 2.24) is 4.57 Å². The first-order valence-corrected chi connectivity index (χ1v) is 7.97. The summed E-state index contributed by atoms with van der Waals surface area (Å²) in [6.07, 6.45) is 20.0. The second kappa shape index (κ2) is 6.80. The molecule has 21 heavy (non-hydrogen) atoms. The van der Waals surface area contributed by atoms with Crippen molar-refractivity contribution in [2.45, 2.75) is 40.5 Å². The molecule has 0 radical (unpaired) electrons. The molecular weight excluding hydrogens is 254 g/mol. The summed E-state index contributed by atoms with van der Waals surface area (Å²) in [6.45, 7) is 8.86. The molecule has 0 aliphatic heterocycles. The van der Waals surface area contributed by atoms with Crippen LogP contribution >= 0.6 is 0 Å². The van der Waals surface area contributed by atoms with Gasteiger partial charge in [0, 0.05) is 18.1 Å². The molecule has 0 saturated heterocycles. The van der Waals surface area contributed by atoms with E-state index in [0.29, 0.717) is 5.92 Å². The van der Waals surface area contributed by atoms with Gasteiger partial charge in [-0.15, -0.1) is 0 Å². The Hall–Kier alpha value is -1.76. The Balaban J connectivity index is 2.46. The van der Waals surface area contributed by atoms with Crippen LogP contribution in [-0.4, -0.2) is 4.57 Å². The first-order valence-electron chi connectivity index (χ1n) is 7.97. The fourth-order valence-electron chi connectivity index (χ4n) is 3.31. The highest BCUT2D eigenvalue weighted by Gasteiger charge is 2.33. The van der Waals surface area contributed by atoms with Crippen LogP contribution in [0.2, 0.25) is 0 Å². The fourth-order valence-corrected chi connectivity index (χ4v) is 3.31. The number of hydrogen-bond donors (Lipinski definition) is 0. The van der Waals surface area contributed by atoms with E-state index in [-0.39, 0.29) is 5.41 Å². The SMILES string of the molecule is CC=Cn1cccc1C1=CC=CCC1C(C)(C=CC)CC. The van der Waals surface area contributed by atoms with Crippen LogP contribution in [0.4, 0.5) is 0 Å². The van der Waals surface area contributed by atoms with E-state index >= 15 is 0 Å². The molecule has 0 bridgehead atoms. The molecule has 0 aromatic carbocycles. The Kier molecular flexibility index (Phi) is 5.06. The van der Waals surface area contributed by atoms with Crippen LogP contribution < -0.4 is 0 Å². The molecule has 0 amide bonds. The summed E-state index contributed by atoms with van der Waals surface area (Å²) in [7, 11) is 0. The average Bonchev–Trinajstić information content (AvgIpc) is 2.96. The maximum Gasteiger partial charge on any atom is 0.0484 e. The van der Waals surface area contributed by atoms with Crippen LogP contribution in [0.5, 0.6) is 0 Å². The minimum atomic E-state index is 0.205. The summed E-state index contributed by atoms with van der Waals surface area (Å²) in [6, 6.07) is 4.36. The molecule has 1 heterocycles. The first-order chi connectivity index (χ1) is 10.2. The molecule has 1 aliphatic rings. The summed E-state index contributed by atoms with van der Waals surface area (Å²) in [4.78, 5) is 0. The second-order valence-electron chi connectivity index (χ2n) is 5.98. The quantitative estimate of drug-likeness (QED) is 0.589. The lowest BCUT2D eigenvalue weighted by Gasteiger charge is -2.37. The summed E-state index contributed by atoms with van der Waals surface area (Å²) in [5.41, 5.74) is 2.96. The van der Waals surface area contributed by atoms with Crippen molar-refractivity contribution in [3.8, 4) is 0 Å². The third-order valence-corrected chi connectivity index (χ3v) is 4.65. The van der Waals surface area contributed by atoms with Gasteiger partial charge in [-0.05, 0) is 55.7 Å². The normalized spacial score (nSPS) is 21.9. The van der Waals surface area contributed by atoms with Gasteiger partial charge in [-0.3, -0.25) is 0 Å². The van der Waals surface area contributed by atoms with Gasteiger partial charge in [-0.1, -0.05) is 50.3 Å². The standard InChI is InChI=1S/C20H27N/c1-5-14-20(4,7-3)18-12-9-8-11-17(18)19-13-10-16-21(19)15-6-2/h5-6,8-11,13-16,18H,7,12H2,1-4H3. The molecule has 1 heteroatoms. The zero-order valence-electron chi connectivity index (χ0n) is 13.7. The van der Waals surface area contributed by atoms with Crippen LogP contribution in [0.25, 0.3) is 11.8 Å². The maximum absolute atomic E-state index is 2.38. The number of allylic oxidation sites excluding steroid dienone is 7. The van der Waals surface area contributed by atoms with Crippen LogP contribution in [0.3, 0.4) is 0 Å². The predicted molar refractivity (Wildman–Crippen MR) is 93.9 cm³/mol. The summed E-state index contributed by atoms with van der Waals surface area (Å²) in [5, 5.41) is 0. The Bertz CT molecular complexity index is 583. The van der Waals surface area contributed by atoms with E-state index in [2.05, 4.69) is 93.2 Å². The van der Waals surface area contributed by atoms with Crippen molar-refractivity contribution in [3.63, 3.8) is 0 Å². The largest absolute Gasteiger partial charge is 0.324 e. The topological polar surface area (TPSA) is 4.93 Å². The van der Waals surface area contributed by atoms with Crippen molar-refractivity contribution < 1.29 is 0 Å². The first kappa shape index (κ1) is 15.6. The van der Waals surface area contributed by atoms with Gasteiger partial charge in [-0.2, -0.15) is 0 Å². The fraction of sp³-hybridized carbons (Fsp3) is 0.400. The third kappa shape index (κ3) is 3.12. The van der Waals surface area contributed by atoms with Crippen molar-refractivity contribution in [2.24, 2.45) is 11.3 Å². The highest BCUT2D eigenvalue weighted by Crippen LogP contribution is 2.45. The maximum atomic E-state index is 2.38. The Morgan fingerprint density at radius 2 is 2.14 bits per heavy atom. The number of hydrogen-bond acceptors (Lipinski definition) is 0. The number of rotatable bonds is 5. The average molecular weight is 281 g/mol. The van der Waals surface area contributed by atoms with E-state index in [0.717, 1.165) is 12.8 Å². The molecule has 2 rings (SSSR count). The minimum absolute atomic E-state index is 0.205. The molecule has 1 nitrogen and oxygen atoms in total. The van der Waals surface area contributed by atoms with Gasteiger partial charge in [0.25, 0.3) is 0 Å². The van der Waals surface area contributed by atoms with E-state index in [1.165, 1.54) is 11.3 Å². The third-order valence-electron chi connectivity index (χ3n) is 4.65. The van der Waals surface area contributed by atoms with E-state index in [4.69, 9.17) is 0 Å². The monoisotopic (exact) mass is 281 g/mol. The lowest BCUT2D eigenvalue weighted by molar-refractivity contribution is 0.305. The van der Waals surface area contributed by atoms with Crippen molar-refractivity contribution >= 4 is 11.8 Å². The Morgan fingerprint density at radius 1 is 1.33 bits per heavy atom. The molecule has 1 aromatic rings. The summed E-state index contributed by atoms with van der Waals surface area (Å²) < 4.78 is 2.23. The molecule has 1 aromatic heterocycles. The smallest absolute Gasteiger partial charge is 0.0484 e. The molecule has 0 fully saturated rings. The highest BCUT2D eigenvalue weighted by molar-refractivity contribution is 5.70. The van der Waals surface area contributed by atoms with Crippen LogP contribution in [0.1, 0.15) is 46.2 Å². The molecule has 2 unspecified atom stereocenters. The van der Waals surface area contributed by atoms with E-state index in [9.17, 15) is 0 Å². The van der Waals surface area contributed by atoms with Gasteiger partial charge < -0.3 is 4.57 Å². The van der Waals surface area contributed by atoms with Gasteiger partial charge >= 0.3 is 0 Å². The molecular formula is C20H27N. The molecule has 2 atom stereocenters. The van der Waals surface area contributed by atoms with Gasteiger partial charge in [-0.25, -0.2) is 0 Å². The van der Waals surface area contributed by atoms with Crippen LogP contribution in [-0.2, 0) is 0 Å². The lowest BCUT2D eigenvalue weighted by Crippen LogP contribution is -2.27. The van der Waals surface area contributed by atoms with E-state index in [1.54, 1.807) is 0 Å². The molecule has 1 aliphatic carbocycles. The van der Waals surface area contributed by atoms with Crippen LogP contribution in [0, 0.1) is 11.3 Å². The van der Waals surface area contributed by atoms with Crippen molar-refractivity contribution in [1.29, 1.82) is 0 Å². The zero-order chi connectivity index (χ0) is 15.3. The van der Waals surface area contributed by atoms with Crippen LogP contribution in [0.15, 0.2) is 54.8 Å². The number of aromatic nitrogens is 1. The number of nitrogens with zero attached hydrogens (tertiary/aromatic N) is 1. The van der Waals surface area contributed by atoms with Gasteiger partial charge in [0.1, 0.15) is 0 Å². The Morgan fingerprint density at radius 3 is 2.81 bits per heavy atom.